The molecule has 0 spiro atoms. The van der Waals surface area contributed by atoms with Crippen LogP contribution in [-0.2, 0) is 21.2 Å². The van der Waals surface area contributed by atoms with E-state index >= 15 is 0 Å². The zero-order chi connectivity index (χ0) is 22.4. The molecule has 1 atom stereocenters. The van der Waals surface area contributed by atoms with Crippen LogP contribution in [0.25, 0.3) is 0 Å². The van der Waals surface area contributed by atoms with E-state index in [1.54, 1.807) is 24.3 Å². The van der Waals surface area contributed by atoms with E-state index in [1.165, 1.54) is 49.6 Å². The quantitative estimate of drug-likeness (QED) is 0.529. The van der Waals surface area contributed by atoms with Gasteiger partial charge in [-0.1, -0.05) is 41.9 Å². The van der Waals surface area contributed by atoms with E-state index in [4.69, 9.17) is 16.3 Å². The van der Waals surface area contributed by atoms with Gasteiger partial charge in [0.25, 0.3) is 0 Å². The Balaban J connectivity index is 1.87. The summed E-state index contributed by atoms with van der Waals surface area (Å²) in [6.45, 7) is 0. The van der Waals surface area contributed by atoms with E-state index in [9.17, 15) is 17.6 Å². The van der Waals surface area contributed by atoms with Gasteiger partial charge in [-0.2, -0.15) is 4.72 Å². The number of nitrogens with one attached hydrogen (secondary N) is 2. The second kappa shape index (κ2) is 9.91. The molecule has 3 rings (SSSR count). The SMILES string of the molecule is COc1ccc(S(=O)(=O)N[C@@H](Cc2ccccc2)C(=O)Nc2ccc(F)cc2)cc1Cl. The van der Waals surface area contributed by atoms with Gasteiger partial charge in [0.1, 0.15) is 17.6 Å². The Kier molecular flexibility index (Phi) is 7.27. The Labute approximate surface area is 185 Å². The normalized spacial score (nSPS) is 12.2. The van der Waals surface area contributed by atoms with Crippen molar-refractivity contribution in [3.05, 3.63) is 89.2 Å². The molecule has 0 aliphatic carbocycles. The molecule has 31 heavy (non-hydrogen) atoms. The number of halogens is 2. The molecular weight excluding hydrogens is 443 g/mol. The molecule has 0 fully saturated rings. The number of rotatable bonds is 8. The molecule has 0 aliphatic heterocycles. The highest BCUT2D eigenvalue weighted by molar-refractivity contribution is 7.89. The topological polar surface area (TPSA) is 84.5 Å². The number of carbonyl (C=O) groups is 1. The Morgan fingerprint density at radius 2 is 1.74 bits per heavy atom. The second-order valence-corrected chi connectivity index (χ2v) is 8.78. The van der Waals surface area contributed by atoms with Crippen molar-refractivity contribution in [3.63, 3.8) is 0 Å². The number of sulfonamides is 1. The highest BCUT2D eigenvalue weighted by Crippen LogP contribution is 2.27. The van der Waals surface area contributed by atoms with E-state index in [0.717, 1.165) is 5.56 Å². The average molecular weight is 463 g/mol. The summed E-state index contributed by atoms with van der Waals surface area (Å²) in [5, 5.41) is 2.74. The molecular formula is C22H20ClFN2O4S. The zero-order valence-electron chi connectivity index (χ0n) is 16.5. The first-order valence-electron chi connectivity index (χ1n) is 9.25. The van der Waals surface area contributed by atoms with Crippen LogP contribution in [0.2, 0.25) is 5.02 Å². The van der Waals surface area contributed by atoms with Crippen LogP contribution in [0.15, 0.2) is 77.7 Å². The standard InChI is InChI=1S/C22H20ClFN2O4S/c1-30-21-12-11-18(14-19(21)23)31(28,29)26-20(13-15-5-3-2-4-6-15)22(27)25-17-9-7-16(24)8-10-17/h2-12,14,20,26H,13H2,1H3,(H,25,27)/t20-/m0/s1. The maximum Gasteiger partial charge on any atom is 0.242 e. The Hall–Kier alpha value is -2.94. The zero-order valence-corrected chi connectivity index (χ0v) is 18.1. The minimum absolute atomic E-state index is 0.106. The number of ether oxygens (including phenoxy) is 1. The average Bonchev–Trinajstić information content (AvgIpc) is 2.75. The van der Waals surface area contributed by atoms with E-state index in [1.807, 2.05) is 6.07 Å². The molecule has 0 unspecified atom stereocenters. The minimum Gasteiger partial charge on any atom is -0.495 e. The number of carbonyl (C=O) groups excluding carboxylic acids is 1. The van der Waals surface area contributed by atoms with E-state index < -0.39 is 27.8 Å². The van der Waals surface area contributed by atoms with Crippen molar-refractivity contribution in [1.29, 1.82) is 0 Å². The van der Waals surface area contributed by atoms with Crippen molar-refractivity contribution in [2.24, 2.45) is 0 Å². The van der Waals surface area contributed by atoms with Gasteiger partial charge in [0.05, 0.1) is 17.0 Å². The van der Waals surface area contributed by atoms with E-state index in [0.29, 0.717) is 11.4 Å². The number of amides is 1. The monoisotopic (exact) mass is 462 g/mol. The molecule has 0 heterocycles. The lowest BCUT2D eigenvalue weighted by Gasteiger charge is -2.19. The van der Waals surface area contributed by atoms with Crippen LogP contribution in [0.5, 0.6) is 5.75 Å². The highest BCUT2D eigenvalue weighted by Gasteiger charge is 2.27. The first-order chi connectivity index (χ1) is 14.8. The van der Waals surface area contributed by atoms with E-state index in [2.05, 4.69) is 10.0 Å². The Bertz CT molecular complexity index is 1160. The van der Waals surface area contributed by atoms with Crippen LogP contribution in [0, 0.1) is 5.82 Å². The first-order valence-corrected chi connectivity index (χ1v) is 11.1. The van der Waals surface area contributed by atoms with Crippen LogP contribution >= 0.6 is 11.6 Å². The van der Waals surface area contributed by atoms with Gasteiger partial charge in [-0.15, -0.1) is 0 Å². The van der Waals surface area contributed by atoms with Gasteiger partial charge in [0.15, 0.2) is 0 Å². The second-order valence-electron chi connectivity index (χ2n) is 6.66. The summed E-state index contributed by atoms with van der Waals surface area (Å²) in [6.07, 6.45) is 0.108. The molecule has 2 N–H and O–H groups in total. The maximum atomic E-state index is 13.1. The lowest BCUT2D eigenvalue weighted by Crippen LogP contribution is -2.45. The predicted molar refractivity (Wildman–Crippen MR) is 117 cm³/mol. The van der Waals surface area contributed by atoms with Crippen LogP contribution in [-0.4, -0.2) is 27.5 Å². The van der Waals surface area contributed by atoms with Crippen molar-refractivity contribution in [2.45, 2.75) is 17.4 Å². The van der Waals surface area contributed by atoms with Gasteiger partial charge in [-0.05, 0) is 54.4 Å². The minimum atomic E-state index is -4.08. The molecule has 162 valence electrons. The summed E-state index contributed by atoms with van der Waals surface area (Å²) in [7, 11) is -2.66. The molecule has 0 aromatic heterocycles. The van der Waals surface area contributed by atoms with Crippen LogP contribution in [0.3, 0.4) is 0 Å². The van der Waals surface area contributed by atoms with Crippen LogP contribution < -0.4 is 14.8 Å². The van der Waals surface area contributed by atoms with Crippen LogP contribution in [0.1, 0.15) is 5.56 Å². The summed E-state index contributed by atoms with van der Waals surface area (Å²) in [6, 6.07) is 17.1. The summed E-state index contributed by atoms with van der Waals surface area (Å²) in [5.41, 5.74) is 1.10. The first kappa shape index (κ1) is 22.7. The molecule has 0 aliphatic rings. The number of methoxy groups -OCH3 is 1. The lowest BCUT2D eigenvalue weighted by atomic mass is 10.1. The third kappa shape index (κ3) is 6.04. The van der Waals surface area contributed by atoms with Gasteiger partial charge >= 0.3 is 0 Å². The van der Waals surface area contributed by atoms with Gasteiger partial charge in [-0.25, -0.2) is 12.8 Å². The van der Waals surface area contributed by atoms with Crippen molar-refractivity contribution < 1.29 is 22.3 Å². The van der Waals surface area contributed by atoms with Gasteiger partial charge in [0.2, 0.25) is 15.9 Å². The molecule has 3 aromatic carbocycles. The molecule has 1 amide bonds. The third-order valence-corrected chi connectivity index (χ3v) is 6.21. The summed E-state index contributed by atoms with van der Waals surface area (Å²) in [5.74, 6) is -0.704. The van der Waals surface area contributed by atoms with E-state index in [-0.39, 0.29) is 16.3 Å². The molecule has 0 radical (unpaired) electrons. The van der Waals surface area contributed by atoms with Crippen molar-refractivity contribution >= 4 is 33.2 Å². The Morgan fingerprint density at radius 3 is 2.35 bits per heavy atom. The highest BCUT2D eigenvalue weighted by atomic mass is 35.5. The maximum absolute atomic E-state index is 13.1. The predicted octanol–water partition coefficient (Wildman–Crippen LogP) is 4.02. The molecule has 9 heteroatoms. The molecule has 0 bridgehead atoms. The summed E-state index contributed by atoms with van der Waals surface area (Å²) < 4.78 is 46.5. The number of benzene rings is 3. The fourth-order valence-electron chi connectivity index (χ4n) is 2.87. The molecule has 0 saturated heterocycles. The molecule has 6 nitrogen and oxygen atoms in total. The van der Waals surface area contributed by atoms with Crippen molar-refractivity contribution in [3.8, 4) is 5.75 Å². The van der Waals surface area contributed by atoms with Gasteiger partial charge < -0.3 is 10.1 Å². The lowest BCUT2D eigenvalue weighted by molar-refractivity contribution is -0.117. The fourth-order valence-corrected chi connectivity index (χ4v) is 4.41. The van der Waals surface area contributed by atoms with Gasteiger partial charge in [0, 0.05) is 5.69 Å². The largest absolute Gasteiger partial charge is 0.495 e. The van der Waals surface area contributed by atoms with Gasteiger partial charge in [-0.3, -0.25) is 4.79 Å². The number of hydrogen-bond donors (Lipinski definition) is 2. The summed E-state index contributed by atoms with van der Waals surface area (Å²) in [4.78, 5) is 12.8. The third-order valence-electron chi connectivity index (χ3n) is 4.44. The number of hydrogen-bond acceptors (Lipinski definition) is 4. The number of anilines is 1. The fraction of sp³-hybridized carbons (Fsp3) is 0.136. The van der Waals surface area contributed by atoms with Crippen molar-refractivity contribution in [2.75, 3.05) is 12.4 Å². The van der Waals surface area contributed by atoms with Crippen LogP contribution in [0.4, 0.5) is 10.1 Å². The molecule has 3 aromatic rings. The summed E-state index contributed by atoms with van der Waals surface area (Å²) >= 11 is 6.06. The smallest absolute Gasteiger partial charge is 0.242 e. The Morgan fingerprint density at radius 1 is 1.06 bits per heavy atom. The molecule has 0 saturated carbocycles. The van der Waals surface area contributed by atoms with Crippen molar-refractivity contribution in [1.82, 2.24) is 4.72 Å².